The number of hydrogen-bond donors (Lipinski definition) is 4. The van der Waals surface area contributed by atoms with Gasteiger partial charge in [-0.3, -0.25) is 4.79 Å². The van der Waals surface area contributed by atoms with Crippen molar-refractivity contribution >= 4 is 5.91 Å². The Morgan fingerprint density at radius 3 is 2.03 bits per heavy atom. The molecular weight excluding hydrogens is 374 g/mol. The Kier molecular flexibility index (Phi) is 14.5. The van der Waals surface area contributed by atoms with E-state index in [4.69, 9.17) is 9.47 Å². The van der Waals surface area contributed by atoms with Crippen molar-refractivity contribution in [3.05, 3.63) is 0 Å². The van der Waals surface area contributed by atoms with Crippen molar-refractivity contribution in [1.29, 1.82) is 0 Å². The number of rotatable bonds is 17. The van der Waals surface area contributed by atoms with Crippen LogP contribution in [-0.2, 0) is 14.3 Å². The molecule has 172 valence electrons. The van der Waals surface area contributed by atoms with Gasteiger partial charge in [0.1, 0.15) is 18.3 Å². The standard InChI is InChI=1S/C22H43NO6/c1-3-5-7-8-9-10-11-12-13-14-15-23-21(27)19(26)20-17(24)18(25)22(29-20)28-16-6-4-2/h17-20,22,24-26H,3-16H2,1-2H3,(H,23,27)/t17?,18-,19?,20+,22-/m1/s1. The van der Waals surface area contributed by atoms with Gasteiger partial charge < -0.3 is 30.1 Å². The number of nitrogens with one attached hydrogen (secondary N) is 1. The maximum atomic E-state index is 12.1. The smallest absolute Gasteiger partial charge is 0.251 e. The van der Waals surface area contributed by atoms with Crippen molar-refractivity contribution in [2.24, 2.45) is 0 Å². The number of aliphatic hydroxyl groups is 3. The predicted octanol–water partition coefficient (Wildman–Crippen LogP) is 2.65. The zero-order valence-corrected chi connectivity index (χ0v) is 18.4. The van der Waals surface area contributed by atoms with Crippen molar-refractivity contribution < 1.29 is 29.6 Å². The molecule has 1 heterocycles. The topological polar surface area (TPSA) is 108 Å². The Bertz CT molecular complexity index is 422. The lowest BCUT2D eigenvalue weighted by Crippen LogP contribution is -2.47. The quantitative estimate of drug-likeness (QED) is 0.271. The number of carbonyl (C=O) groups is 1. The molecular formula is C22H43NO6. The highest BCUT2D eigenvalue weighted by Crippen LogP contribution is 2.25. The van der Waals surface area contributed by atoms with E-state index in [1.54, 1.807) is 0 Å². The van der Waals surface area contributed by atoms with Crippen LogP contribution in [0.3, 0.4) is 0 Å². The van der Waals surface area contributed by atoms with E-state index in [9.17, 15) is 20.1 Å². The minimum absolute atomic E-state index is 0.388. The van der Waals surface area contributed by atoms with Crippen LogP contribution in [0.15, 0.2) is 0 Å². The number of carbonyl (C=O) groups excluding carboxylic acids is 1. The summed E-state index contributed by atoms with van der Waals surface area (Å²) in [5, 5.41) is 32.9. The highest BCUT2D eigenvalue weighted by Gasteiger charge is 2.48. The lowest BCUT2D eigenvalue weighted by Gasteiger charge is -2.20. The van der Waals surface area contributed by atoms with Gasteiger partial charge in [-0.25, -0.2) is 0 Å². The van der Waals surface area contributed by atoms with Crippen LogP contribution in [0.4, 0.5) is 0 Å². The summed E-state index contributed by atoms with van der Waals surface area (Å²) < 4.78 is 10.8. The molecule has 0 aliphatic carbocycles. The van der Waals surface area contributed by atoms with Gasteiger partial charge >= 0.3 is 0 Å². The molecule has 0 aromatic carbocycles. The lowest BCUT2D eigenvalue weighted by molar-refractivity contribution is -0.181. The predicted molar refractivity (Wildman–Crippen MR) is 112 cm³/mol. The van der Waals surface area contributed by atoms with Gasteiger partial charge in [0.05, 0.1) is 0 Å². The second-order valence-electron chi connectivity index (χ2n) is 8.09. The van der Waals surface area contributed by atoms with E-state index >= 15 is 0 Å². The van der Waals surface area contributed by atoms with Crippen LogP contribution in [0.5, 0.6) is 0 Å². The van der Waals surface area contributed by atoms with Crippen LogP contribution >= 0.6 is 0 Å². The highest BCUT2D eigenvalue weighted by atomic mass is 16.7. The fourth-order valence-electron chi connectivity index (χ4n) is 3.49. The molecule has 0 spiro atoms. The number of unbranched alkanes of at least 4 members (excludes halogenated alkanes) is 10. The van der Waals surface area contributed by atoms with E-state index in [0.717, 1.165) is 32.1 Å². The van der Waals surface area contributed by atoms with Gasteiger partial charge in [-0.05, 0) is 12.8 Å². The minimum Gasteiger partial charge on any atom is -0.387 e. The van der Waals surface area contributed by atoms with Gasteiger partial charge in [0.25, 0.3) is 5.91 Å². The third-order valence-electron chi connectivity index (χ3n) is 5.45. The molecule has 0 aromatic heterocycles. The largest absolute Gasteiger partial charge is 0.387 e. The van der Waals surface area contributed by atoms with E-state index in [0.29, 0.717) is 13.2 Å². The summed E-state index contributed by atoms with van der Waals surface area (Å²) in [6.45, 7) is 5.10. The summed E-state index contributed by atoms with van der Waals surface area (Å²) >= 11 is 0. The average molecular weight is 418 g/mol. The summed E-state index contributed by atoms with van der Waals surface area (Å²) in [5.74, 6) is -0.591. The van der Waals surface area contributed by atoms with E-state index in [1.807, 2.05) is 6.92 Å². The van der Waals surface area contributed by atoms with Crippen molar-refractivity contribution in [3.8, 4) is 0 Å². The summed E-state index contributed by atoms with van der Waals surface area (Å²) in [6.07, 6.45) is 7.47. The van der Waals surface area contributed by atoms with Crippen molar-refractivity contribution in [3.63, 3.8) is 0 Å². The number of ether oxygens (including phenoxy) is 2. The van der Waals surface area contributed by atoms with Crippen LogP contribution in [0.25, 0.3) is 0 Å². The first-order valence-corrected chi connectivity index (χ1v) is 11.6. The van der Waals surface area contributed by atoms with Crippen LogP contribution in [0.2, 0.25) is 0 Å². The fraction of sp³-hybridized carbons (Fsp3) is 0.955. The van der Waals surface area contributed by atoms with E-state index in [2.05, 4.69) is 12.2 Å². The summed E-state index contributed by atoms with van der Waals surface area (Å²) in [4.78, 5) is 12.1. The third kappa shape index (κ3) is 10.2. The maximum Gasteiger partial charge on any atom is 0.251 e. The van der Waals surface area contributed by atoms with Gasteiger partial charge in [0.2, 0.25) is 0 Å². The zero-order chi connectivity index (χ0) is 21.5. The Morgan fingerprint density at radius 2 is 1.45 bits per heavy atom. The molecule has 7 heteroatoms. The average Bonchev–Trinajstić information content (AvgIpc) is 3.00. The normalized spacial score (nSPS) is 25.3. The second-order valence-corrected chi connectivity index (χ2v) is 8.09. The summed E-state index contributed by atoms with van der Waals surface area (Å²) in [6, 6.07) is 0. The molecule has 1 fully saturated rings. The molecule has 1 amide bonds. The first-order valence-electron chi connectivity index (χ1n) is 11.6. The molecule has 5 atom stereocenters. The highest BCUT2D eigenvalue weighted by molar-refractivity contribution is 5.81. The molecule has 4 N–H and O–H groups in total. The Hall–Kier alpha value is -0.730. The van der Waals surface area contributed by atoms with Gasteiger partial charge in [0, 0.05) is 13.2 Å². The molecule has 0 radical (unpaired) electrons. The zero-order valence-electron chi connectivity index (χ0n) is 18.4. The third-order valence-corrected chi connectivity index (χ3v) is 5.45. The first-order chi connectivity index (χ1) is 14.0. The monoisotopic (exact) mass is 417 g/mol. The molecule has 1 aliphatic rings. The Labute approximate surface area is 176 Å². The number of amides is 1. The van der Waals surface area contributed by atoms with Gasteiger partial charge in [0.15, 0.2) is 12.4 Å². The molecule has 1 saturated heterocycles. The van der Waals surface area contributed by atoms with E-state index in [-0.39, 0.29) is 0 Å². The molecule has 0 bridgehead atoms. The van der Waals surface area contributed by atoms with Crippen LogP contribution in [-0.4, -0.2) is 65.1 Å². The van der Waals surface area contributed by atoms with Crippen LogP contribution in [0, 0.1) is 0 Å². The molecule has 1 rings (SSSR count). The van der Waals surface area contributed by atoms with Gasteiger partial charge in [-0.2, -0.15) is 0 Å². The van der Waals surface area contributed by atoms with E-state index < -0.39 is 36.6 Å². The van der Waals surface area contributed by atoms with Crippen LogP contribution in [0.1, 0.15) is 90.9 Å². The Balaban J connectivity index is 2.13. The first kappa shape index (κ1) is 26.3. The van der Waals surface area contributed by atoms with Gasteiger partial charge in [-0.1, -0.05) is 78.1 Å². The van der Waals surface area contributed by atoms with Gasteiger partial charge in [-0.15, -0.1) is 0 Å². The maximum absolute atomic E-state index is 12.1. The van der Waals surface area contributed by atoms with E-state index in [1.165, 1.54) is 44.9 Å². The SMILES string of the molecule is CCCCCCCCCCCCNC(=O)C(O)[C@H]1O[C@@H](OCCCC)[C@H](O)C1O. The molecule has 29 heavy (non-hydrogen) atoms. The molecule has 1 aliphatic heterocycles. The number of hydrogen-bond acceptors (Lipinski definition) is 6. The molecule has 7 nitrogen and oxygen atoms in total. The summed E-state index contributed by atoms with van der Waals surface area (Å²) in [7, 11) is 0. The van der Waals surface area contributed by atoms with Crippen molar-refractivity contribution in [1.82, 2.24) is 5.32 Å². The Morgan fingerprint density at radius 1 is 0.897 bits per heavy atom. The summed E-state index contributed by atoms with van der Waals surface area (Å²) in [5.41, 5.74) is 0. The molecule has 2 unspecified atom stereocenters. The molecule has 0 aromatic rings. The van der Waals surface area contributed by atoms with Crippen molar-refractivity contribution in [2.45, 2.75) is 122 Å². The second kappa shape index (κ2) is 16.0. The van der Waals surface area contributed by atoms with Crippen LogP contribution < -0.4 is 5.32 Å². The van der Waals surface area contributed by atoms with Crippen molar-refractivity contribution in [2.75, 3.05) is 13.2 Å². The minimum atomic E-state index is -1.54. The fourth-order valence-corrected chi connectivity index (χ4v) is 3.49. The molecule has 0 saturated carbocycles. The number of aliphatic hydroxyl groups excluding tert-OH is 3. The lowest BCUT2D eigenvalue weighted by atomic mass is 10.0.